The molecule has 0 saturated carbocycles. The largest absolute Gasteiger partial charge is 0.383 e. The van der Waals surface area contributed by atoms with E-state index in [4.69, 9.17) is 20.9 Å². The monoisotopic (exact) mass is 390 g/mol. The van der Waals surface area contributed by atoms with Crippen LogP contribution < -0.4 is 16.8 Å². The van der Waals surface area contributed by atoms with Gasteiger partial charge in [0.2, 0.25) is 0 Å². The Morgan fingerprint density at radius 1 is 1.50 bits per heavy atom. The third-order valence-electron chi connectivity index (χ3n) is 5.74. The normalized spacial score (nSPS) is 31.5. The molecule has 0 amide bonds. The summed E-state index contributed by atoms with van der Waals surface area (Å²) in [5.74, 6) is 1.46. The van der Waals surface area contributed by atoms with E-state index in [-0.39, 0.29) is 18.2 Å². The van der Waals surface area contributed by atoms with E-state index in [1.807, 2.05) is 4.57 Å². The number of amidine groups is 1. The highest BCUT2D eigenvalue weighted by atomic mass is 16.5. The molecule has 0 spiro atoms. The van der Waals surface area contributed by atoms with Gasteiger partial charge in [0.05, 0.1) is 12.9 Å². The molecule has 0 aromatic carbocycles. The van der Waals surface area contributed by atoms with Crippen molar-refractivity contribution >= 4 is 11.7 Å². The number of methoxy groups -OCH3 is 1. The number of aliphatic imine (C=N–C) groups is 1. The van der Waals surface area contributed by atoms with Crippen LogP contribution in [-0.2, 0) is 9.47 Å². The van der Waals surface area contributed by atoms with E-state index >= 15 is 0 Å². The van der Waals surface area contributed by atoms with Crippen LogP contribution in [0.2, 0.25) is 0 Å². The van der Waals surface area contributed by atoms with Crippen molar-refractivity contribution in [3.63, 3.8) is 0 Å². The zero-order chi connectivity index (χ0) is 20.3. The maximum atomic E-state index is 6.49. The van der Waals surface area contributed by atoms with Crippen molar-refractivity contribution in [1.82, 2.24) is 14.9 Å². The molecular weight excluding hydrogens is 356 g/mol. The molecule has 1 fully saturated rings. The van der Waals surface area contributed by atoms with E-state index in [0.29, 0.717) is 36.4 Å². The number of nitrogens with zero attached hydrogens (tertiary/aromatic N) is 3. The predicted octanol–water partition coefficient (Wildman–Crippen LogP) is 1.69. The van der Waals surface area contributed by atoms with Crippen molar-refractivity contribution < 1.29 is 9.47 Å². The lowest BCUT2D eigenvalue weighted by Gasteiger charge is -2.30. The molecule has 0 aliphatic carbocycles. The predicted molar refractivity (Wildman–Crippen MR) is 111 cm³/mol. The number of nitrogens with two attached hydrogens (primary N) is 2. The van der Waals surface area contributed by atoms with E-state index < -0.39 is 0 Å². The summed E-state index contributed by atoms with van der Waals surface area (Å²) in [5, 5.41) is 3.54. The van der Waals surface area contributed by atoms with E-state index in [0.717, 1.165) is 25.9 Å². The number of nitrogens with one attached hydrogen (secondary N) is 1. The summed E-state index contributed by atoms with van der Waals surface area (Å²) in [5.41, 5.74) is 15.8. The molecule has 28 heavy (non-hydrogen) atoms. The van der Waals surface area contributed by atoms with Crippen LogP contribution in [0.1, 0.15) is 45.5 Å². The number of anilines is 1. The molecule has 8 nitrogen and oxygen atoms in total. The van der Waals surface area contributed by atoms with Gasteiger partial charge >= 0.3 is 0 Å². The number of fused-ring (bicyclic) bond motifs is 1. The van der Waals surface area contributed by atoms with Gasteiger partial charge in [-0.25, -0.2) is 4.98 Å². The van der Waals surface area contributed by atoms with Crippen LogP contribution in [0.15, 0.2) is 22.5 Å². The molecule has 3 rings (SSSR count). The number of imidazole rings is 1. The van der Waals surface area contributed by atoms with Crippen LogP contribution in [0.25, 0.3) is 0 Å². The van der Waals surface area contributed by atoms with Gasteiger partial charge in [0.15, 0.2) is 0 Å². The van der Waals surface area contributed by atoms with E-state index in [1.54, 1.807) is 13.4 Å². The molecule has 0 radical (unpaired) electrons. The molecule has 0 bridgehead atoms. The molecule has 5 N–H and O–H groups in total. The Morgan fingerprint density at radius 3 is 3.00 bits per heavy atom. The summed E-state index contributed by atoms with van der Waals surface area (Å²) >= 11 is 0. The van der Waals surface area contributed by atoms with Crippen molar-refractivity contribution in [2.75, 3.05) is 39.1 Å². The molecule has 2 aliphatic heterocycles. The number of nitrogen functional groups attached to an aromatic ring is 1. The van der Waals surface area contributed by atoms with Gasteiger partial charge in [-0.1, -0.05) is 19.4 Å². The minimum Gasteiger partial charge on any atom is -0.383 e. The number of hydrogen-bond acceptors (Lipinski definition) is 6. The first kappa shape index (κ1) is 20.8. The second-order valence-corrected chi connectivity index (χ2v) is 7.82. The first-order chi connectivity index (χ1) is 13.5. The van der Waals surface area contributed by atoms with Crippen LogP contribution in [-0.4, -0.2) is 54.8 Å². The number of hydrogen-bond donors (Lipinski definition) is 3. The van der Waals surface area contributed by atoms with Gasteiger partial charge in [-0.3, -0.25) is 9.56 Å². The van der Waals surface area contributed by atoms with Crippen molar-refractivity contribution in [2.24, 2.45) is 22.6 Å². The van der Waals surface area contributed by atoms with Gasteiger partial charge in [-0.15, -0.1) is 0 Å². The molecule has 4 atom stereocenters. The smallest absolute Gasteiger partial charge is 0.148 e. The SMILES string of the molecule is CCCN=C(N)c1ncn([C@@H]2O[C@H](COC)/C3=C(\C)CCNCC(C)C32)c1N. The standard InChI is InChI=1S/C20H34N6O2/c1-5-7-24-18(21)17-19(22)26(11-25-17)20-16-13(3)9-23-8-6-12(2)15(16)14(28-20)10-27-4/h11,13-14,16,20,23H,5-10,22H2,1-4H3,(H2,21,24)/b15-12-/t13?,14-,16?,20-/m1/s1. The number of rotatable bonds is 6. The molecule has 8 heteroatoms. The minimum absolute atomic E-state index is 0.0723. The molecule has 2 unspecified atom stereocenters. The third kappa shape index (κ3) is 3.94. The highest BCUT2D eigenvalue weighted by Crippen LogP contribution is 2.46. The summed E-state index contributed by atoms with van der Waals surface area (Å²) in [7, 11) is 1.71. The lowest BCUT2D eigenvalue weighted by Crippen LogP contribution is -2.34. The second-order valence-electron chi connectivity index (χ2n) is 7.82. The van der Waals surface area contributed by atoms with Gasteiger partial charge in [0, 0.05) is 19.6 Å². The maximum Gasteiger partial charge on any atom is 0.148 e. The lowest BCUT2D eigenvalue weighted by molar-refractivity contribution is -0.0421. The first-order valence-electron chi connectivity index (χ1n) is 10.2. The summed E-state index contributed by atoms with van der Waals surface area (Å²) < 4.78 is 13.9. The fraction of sp³-hybridized carbons (Fsp3) is 0.700. The van der Waals surface area contributed by atoms with Gasteiger partial charge < -0.3 is 26.3 Å². The van der Waals surface area contributed by atoms with E-state index in [2.05, 4.69) is 36.1 Å². The minimum atomic E-state index is -0.236. The van der Waals surface area contributed by atoms with Crippen molar-refractivity contribution in [1.29, 1.82) is 0 Å². The zero-order valence-electron chi connectivity index (χ0n) is 17.4. The quantitative estimate of drug-likeness (QED) is 0.387. The summed E-state index contributed by atoms with van der Waals surface area (Å²) in [6, 6.07) is 0. The average Bonchev–Trinajstić information content (AvgIpc) is 3.22. The van der Waals surface area contributed by atoms with Crippen LogP contribution in [0, 0.1) is 11.8 Å². The van der Waals surface area contributed by atoms with Crippen molar-refractivity contribution in [2.45, 2.75) is 45.9 Å². The maximum absolute atomic E-state index is 6.49. The second kappa shape index (κ2) is 9.07. The summed E-state index contributed by atoms with van der Waals surface area (Å²) in [6.07, 6.45) is 3.35. The Kier molecular flexibility index (Phi) is 6.74. The van der Waals surface area contributed by atoms with Gasteiger partial charge in [-0.05, 0) is 44.3 Å². The number of aromatic nitrogens is 2. The van der Waals surface area contributed by atoms with Crippen molar-refractivity contribution in [3.05, 3.63) is 23.2 Å². The summed E-state index contributed by atoms with van der Waals surface area (Å²) in [6.45, 7) is 9.62. The van der Waals surface area contributed by atoms with Crippen LogP contribution in [0.4, 0.5) is 5.82 Å². The van der Waals surface area contributed by atoms with Gasteiger partial charge in [0.1, 0.15) is 29.7 Å². The third-order valence-corrected chi connectivity index (χ3v) is 5.74. The van der Waals surface area contributed by atoms with Gasteiger partial charge in [0.25, 0.3) is 0 Å². The Morgan fingerprint density at radius 2 is 2.29 bits per heavy atom. The van der Waals surface area contributed by atoms with E-state index in [9.17, 15) is 0 Å². The molecule has 1 aromatic rings. The van der Waals surface area contributed by atoms with Crippen LogP contribution in [0.3, 0.4) is 0 Å². The number of ether oxygens (including phenoxy) is 2. The van der Waals surface area contributed by atoms with Gasteiger partial charge in [-0.2, -0.15) is 0 Å². The highest BCUT2D eigenvalue weighted by Gasteiger charge is 2.45. The average molecular weight is 391 g/mol. The molecular formula is C20H34N6O2. The lowest BCUT2D eigenvalue weighted by atomic mass is 9.81. The van der Waals surface area contributed by atoms with E-state index in [1.165, 1.54) is 11.1 Å². The zero-order valence-corrected chi connectivity index (χ0v) is 17.4. The van der Waals surface area contributed by atoms with Crippen LogP contribution in [0.5, 0.6) is 0 Å². The molecule has 2 aliphatic rings. The Balaban J connectivity index is 2.00. The fourth-order valence-electron chi connectivity index (χ4n) is 4.32. The topological polar surface area (TPSA) is 113 Å². The Hall–Kier alpha value is -1.90. The van der Waals surface area contributed by atoms with Crippen LogP contribution >= 0.6 is 0 Å². The Labute approximate surface area is 167 Å². The molecule has 156 valence electrons. The molecule has 1 saturated heterocycles. The fourth-order valence-corrected chi connectivity index (χ4v) is 4.32. The highest BCUT2D eigenvalue weighted by molar-refractivity contribution is 5.99. The molecule has 3 heterocycles. The Bertz CT molecular complexity index is 741. The summed E-state index contributed by atoms with van der Waals surface area (Å²) in [4.78, 5) is 8.80. The first-order valence-corrected chi connectivity index (χ1v) is 10.2. The molecule has 1 aromatic heterocycles. The van der Waals surface area contributed by atoms with Crippen molar-refractivity contribution in [3.8, 4) is 0 Å².